The number of rotatable bonds is 5. The Kier molecular flexibility index (Phi) is 4.32. The van der Waals surface area contributed by atoms with Crippen molar-refractivity contribution in [1.82, 2.24) is 14.8 Å². The summed E-state index contributed by atoms with van der Waals surface area (Å²) in [6, 6.07) is 10.3. The molecule has 0 aliphatic heterocycles. The number of aliphatic hydroxyl groups is 1. The number of hydrogen-bond donors (Lipinski definition) is 1. The lowest BCUT2D eigenvalue weighted by molar-refractivity contribution is 0.261. The van der Waals surface area contributed by atoms with Crippen LogP contribution in [0.2, 0.25) is 0 Å². The van der Waals surface area contributed by atoms with E-state index in [0.717, 1.165) is 12.4 Å². The first-order chi connectivity index (χ1) is 9.13. The Morgan fingerprint density at radius 3 is 2.37 bits per heavy atom. The van der Waals surface area contributed by atoms with Crippen LogP contribution in [0, 0.1) is 5.92 Å². The topological polar surface area (TPSA) is 50.9 Å². The van der Waals surface area contributed by atoms with Crippen molar-refractivity contribution in [2.75, 3.05) is 0 Å². The lowest BCUT2D eigenvalue weighted by Gasteiger charge is -2.16. The molecule has 1 unspecified atom stereocenters. The molecule has 1 aromatic heterocycles. The van der Waals surface area contributed by atoms with Crippen LogP contribution in [-0.4, -0.2) is 19.9 Å². The zero-order valence-corrected chi connectivity index (χ0v) is 11.7. The van der Waals surface area contributed by atoms with E-state index in [2.05, 4.69) is 43.1 Å². The maximum Gasteiger partial charge on any atom is 0.158 e. The summed E-state index contributed by atoms with van der Waals surface area (Å²) in [6.07, 6.45) is 0. The van der Waals surface area contributed by atoms with E-state index < -0.39 is 0 Å². The molecular weight excluding hydrogens is 238 g/mol. The SMILES string of the molecule is CC(C)Cn1c(CO)nnc1C(C)c1ccccc1. The van der Waals surface area contributed by atoms with Crippen molar-refractivity contribution >= 4 is 0 Å². The Morgan fingerprint density at radius 2 is 1.79 bits per heavy atom. The predicted molar refractivity (Wildman–Crippen MR) is 74.7 cm³/mol. The van der Waals surface area contributed by atoms with Gasteiger partial charge in [-0.1, -0.05) is 51.1 Å². The van der Waals surface area contributed by atoms with Gasteiger partial charge in [-0.3, -0.25) is 0 Å². The predicted octanol–water partition coefficient (Wildman–Crippen LogP) is 2.58. The Morgan fingerprint density at radius 1 is 1.11 bits per heavy atom. The fourth-order valence-electron chi connectivity index (χ4n) is 2.24. The molecule has 1 N–H and O–H groups in total. The van der Waals surface area contributed by atoms with E-state index in [0.29, 0.717) is 11.7 Å². The Labute approximate surface area is 114 Å². The molecule has 1 aromatic carbocycles. The summed E-state index contributed by atoms with van der Waals surface area (Å²) in [4.78, 5) is 0. The smallest absolute Gasteiger partial charge is 0.158 e. The lowest BCUT2D eigenvalue weighted by Crippen LogP contribution is -2.14. The molecule has 19 heavy (non-hydrogen) atoms. The van der Waals surface area contributed by atoms with Crippen LogP contribution in [0.1, 0.15) is 43.9 Å². The summed E-state index contributed by atoms with van der Waals surface area (Å²) in [5.41, 5.74) is 1.21. The monoisotopic (exact) mass is 259 g/mol. The first-order valence-electron chi connectivity index (χ1n) is 6.71. The number of benzene rings is 1. The quantitative estimate of drug-likeness (QED) is 0.898. The molecule has 4 nitrogen and oxygen atoms in total. The second-order valence-electron chi connectivity index (χ2n) is 5.27. The minimum atomic E-state index is -0.0682. The van der Waals surface area contributed by atoms with Gasteiger partial charge in [0.05, 0.1) is 0 Å². The van der Waals surface area contributed by atoms with Crippen molar-refractivity contribution in [3.05, 3.63) is 47.5 Å². The van der Waals surface area contributed by atoms with Crippen molar-refractivity contribution < 1.29 is 5.11 Å². The maximum atomic E-state index is 9.37. The average molecular weight is 259 g/mol. The molecule has 1 atom stereocenters. The molecule has 4 heteroatoms. The van der Waals surface area contributed by atoms with E-state index in [1.54, 1.807) is 0 Å². The van der Waals surface area contributed by atoms with Gasteiger partial charge in [-0.15, -0.1) is 10.2 Å². The zero-order chi connectivity index (χ0) is 13.8. The molecule has 2 rings (SSSR count). The first kappa shape index (κ1) is 13.7. The van der Waals surface area contributed by atoms with Gasteiger partial charge in [0.25, 0.3) is 0 Å². The lowest BCUT2D eigenvalue weighted by atomic mass is 10.0. The van der Waals surface area contributed by atoms with Crippen molar-refractivity contribution in [3.8, 4) is 0 Å². The van der Waals surface area contributed by atoms with Gasteiger partial charge in [0.1, 0.15) is 12.4 Å². The number of aliphatic hydroxyl groups excluding tert-OH is 1. The van der Waals surface area contributed by atoms with E-state index in [9.17, 15) is 5.11 Å². The summed E-state index contributed by atoms with van der Waals surface area (Å²) in [6.45, 7) is 7.18. The van der Waals surface area contributed by atoms with Gasteiger partial charge >= 0.3 is 0 Å². The molecule has 0 aliphatic carbocycles. The second kappa shape index (κ2) is 5.97. The van der Waals surface area contributed by atoms with Crippen molar-refractivity contribution in [3.63, 3.8) is 0 Å². The van der Waals surface area contributed by atoms with E-state index in [1.807, 2.05) is 22.8 Å². The summed E-state index contributed by atoms with van der Waals surface area (Å²) in [5, 5.41) is 17.7. The van der Waals surface area contributed by atoms with E-state index in [1.165, 1.54) is 5.56 Å². The maximum absolute atomic E-state index is 9.37. The van der Waals surface area contributed by atoms with Crippen LogP contribution in [-0.2, 0) is 13.2 Å². The van der Waals surface area contributed by atoms with Crippen molar-refractivity contribution in [2.45, 2.75) is 39.8 Å². The standard InChI is InChI=1S/C15H21N3O/c1-11(2)9-18-14(10-19)16-17-15(18)12(3)13-7-5-4-6-8-13/h4-8,11-12,19H,9-10H2,1-3H3. The molecular formula is C15H21N3O. The number of aromatic nitrogens is 3. The molecule has 0 radical (unpaired) electrons. The largest absolute Gasteiger partial charge is 0.388 e. The van der Waals surface area contributed by atoms with Crippen LogP contribution in [0.3, 0.4) is 0 Å². The van der Waals surface area contributed by atoms with Crippen molar-refractivity contribution in [2.24, 2.45) is 5.92 Å². The number of hydrogen-bond acceptors (Lipinski definition) is 3. The minimum Gasteiger partial charge on any atom is -0.388 e. The molecule has 1 heterocycles. The van der Waals surface area contributed by atoms with Gasteiger partial charge in [0.15, 0.2) is 5.82 Å². The molecule has 102 valence electrons. The van der Waals surface area contributed by atoms with Gasteiger partial charge in [-0.25, -0.2) is 0 Å². The van der Waals surface area contributed by atoms with Gasteiger partial charge < -0.3 is 9.67 Å². The van der Waals surface area contributed by atoms with Crippen molar-refractivity contribution in [1.29, 1.82) is 0 Å². The van der Waals surface area contributed by atoms with Crippen LogP contribution >= 0.6 is 0 Å². The second-order valence-corrected chi connectivity index (χ2v) is 5.27. The molecule has 0 amide bonds. The fourth-order valence-corrected chi connectivity index (χ4v) is 2.24. The fraction of sp³-hybridized carbons (Fsp3) is 0.467. The Balaban J connectivity index is 2.36. The summed E-state index contributed by atoms with van der Waals surface area (Å²) < 4.78 is 2.04. The number of nitrogens with zero attached hydrogens (tertiary/aromatic N) is 3. The normalized spacial score (nSPS) is 12.9. The van der Waals surface area contributed by atoms with Crippen LogP contribution in [0.5, 0.6) is 0 Å². The molecule has 0 saturated heterocycles. The first-order valence-corrected chi connectivity index (χ1v) is 6.71. The molecule has 0 spiro atoms. The molecule has 2 aromatic rings. The average Bonchev–Trinajstić information content (AvgIpc) is 2.81. The summed E-state index contributed by atoms with van der Waals surface area (Å²) in [7, 11) is 0. The highest BCUT2D eigenvalue weighted by atomic mass is 16.3. The minimum absolute atomic E-state index is 0.0682. The van der Waals surface area contributed by atoms with Gasteiger partial charge in [-0.05, 0) is 11.5 Å². The highest BCUT2D eigenvalue weighted by molar-refractivity contribution is 5.25. The summed E-state index contributed by atoms with van der Waals surface area (Å²) >= 11 is 0. The van der Waals surface area contributed by atoms with E-state index >= 15 is 0 Å². The van der Waals surface area contributed by atoms with E-state index in [4.69, 9.17) is 0 Å². The highest BCUT2D eigenvalue weighted by Crippen LogP contribution is 2.23. The van der Waals surface area contributed by atoms with Crippen LogP contribution < -0.4 is 0 Å². The highest BCUT2D eigenvalue weighted by Gasteiger charge is 2.19. The van der Waals surface area contributed by atoms with E-state index in [-0.39, 0.29) is 12.5 Å². The molecule has 0 aliphatic rings. The summed E-state index contributed by atoms with van der Waals surface area (Å²) in [5.74, 6) is 2.23. The Hall–Kier alpha value is -1.68. The van der Waals surface area contributed by atoms with Crippen LogP contribution in [0.25, 0.3) is 0 Å². The Bertz CT molecular complexity index is 519. The van der Waals surface area contributed by atoms with Gasteiger partial charge in [0, 0.05) is 12.5 Å². The zero-order valence-electron chi connectivity index (χ0n) is 11.7. The third kappa shape index (κ3) is 3.01. The van der Waals surface area contributed by atoms with Gasteiger partial charge in [-0.2, -0.15) is 0 Å². The molecule has 0 fully saturated rings. The van der Waals surface area contributed by atoms with Crippen LogP contribution in [0.15, 0.2) is 30.3 Å². The third-order valence-corrected chi connectivity index (χ3v) is 3.23. The van der Waals surface area contributed by atoms with Gasteiger partial charge in [0.2, 0.25) is 0 Å². The molecule has 0 saturated carbocycles. The van der Waals surface area contributed by atoms with Crippen LogP contribution in [0.4, 0.5) is 0 Å². The molecule has 0 bridgehead atoms. The third-order valence-electron chi connectivity index (χ3n) is 3.23.